The summed E-state index contributed by atoms with van der Waals surface area (Å²) in [6.45, 7) is 4.06. The first-order chi connectivity index (χ1) is 12.2. The van der Waals surface area contributed by atoms with E-state index in [9.17, 15) is 5.11 Å². The average molecular weight is 355 g/mol. The first-order valence-corrected chi connectivity index (χ1v) is 9.76. The standard InChI is InChI=1S/C20H23N2O2S/c1-2-24-18-11-9-17(10-12-18)21-15-20(23,16-7-4-3-5-8-16)22-13-6-14-25-19(21)22/h3-5,7-12,23H,2,6,13-15H2,1H3/q+1/t20-/m1/s1. The second kappa shape index (κ2) is 6.73. The first-order valence-electron chi connectivity index (χ1n) is 8.78. The molecule has 2 heterocycles. The maximum atomic E-state index is 11.6. The molecule has 0 aromatic heterocycles. The Bertz CT molecular complexity index is 776. The molecule has 5 heteroatoms. The minimum absolute atomic E-state index is 0.535. The van der Waals surface area contributed by atoms with Gasteiger partial charge in [0.1, 0.15) is 11.4 Å². The quantitative estimate of drug-likeness (QED) is 0.854. The summed E-state index contributed by atoms with van der Waals surface area (Å²) in [6.07, 6.45) is 1.08. The second-order valence-electron chi connectivity index (χ2n) is 6.33. The van der Waals surface area contributed by atoms with Gasteiger partial charge in [0, 0.05) is 11.3 Å². The molecule has 4 nitrogen and oxygen atoms in total. The van der Waals surface area contributed by atoms with Gasteiger partial charge in [0.05, 0.1) is 13.2 Å². The van der Waals surface area contributed by atoms with Crippen molar-refractivity contribution in [2.45, 2.75) is 19.1 Å². The first kappa shape index (κ1) is 16.5. The Hall–Kier alpha value is -1.98. The van der Waals surface area contributed by atoms with E-state index < -0.39 is 5.72 Å². The molecule has 0 unspecified atom stereocenters. The monoisotopic (exact) mass is 355 g/mol. The molecule has 0 fully saturated rings. The molecule has 0 aliphatic carbocycles. The van der Waals surface area contributed by atoms with Crippen LogP contribution in [0.5, 0.6) is 5.75 Å². The number of thioether (sulfide) groups is 1. The van der Waals surface area contributed by atoms with E-state index in [4.69, 9.17) is 4.74 Å². The molecule has 0 saturated heterocycles. The van der Waals surface area contributed by atoms with Crippen molar-refractivity contribution in [1.82, 2.24) is 0 Å². The maximum Gasteiger partial charge on any atom is 0.316 e. The molecule has 130 valence electrons. The van der Waals surface area contributed by atoms with E-state index in [-0.39, 0.29) is 0 Å². The smallest absolute Gasteiger partial charge is 0.316 e. The Balaban J connectivity index is 1.72. The molecule has 0 radical (unpaired) electrons. The highest BCUT2D eigenvalue weighted by molar-refractivity contribution is 8.13. The van der Waals surface area contributed by atoms with E-state index in [2.05, 4.69) is 21.6 Å². The van der Waals surface area contributed by atoms with Gasteiger partial charge in [-0.2, -0.15) is 0 Å². The summed E-state index contributed by atoms with van der Waals surface area (Å²) in [4.78, 5) is 2.23. The number of β-amino-alcohol motifs (C(OH)–C–C–N with tert-alkyl or cyclic N) is 1. The van der Waals surface area contributed by atoms with Crippen molar-refractivity contribution >= 4 is 22.6 Å². The van der Waals surface area contributed by atoms with Crippen LogP contribution >= 0.6 is 11.8 Å². The molecule has 4 rings (SSSR count). The lowest BCUT2D eigenvalue weighted by Crippen LogP contribution is -2.41. The predicted molar refractivity (Wildman–Crippen MR) is 103 cm³/mol. The Morgan fingerprint density at radius 3 is 2.64 bits per heavy atom. The van der Waals surface area contributed by atoms with E-state index >= 15 is 0 Å². The highest BCUT2D eigenvalue weighted by Gasteiger charge is 2.53. The van der Waals surface area contributed by atoms with Crippen molar-refractivity contribution in [1.29, 1.82) is 0 Å². The van der Waals surface area contributed by atoms with Crippen LogP contribution < -0.4 is 9.64 Å². The van der Waals surface area contributed by atoms with Gasteiger partial charge in [-0.25, -0.2) is 9.48 Å². The Morgan fingerprint density at radius 1 is 1.16 bits per heavy atom. The number of amidine groups is 1. The molecule has 2 aromatic carbocycles. The molecule has 0 amide bonds. The summed E-state index contributed by atoms with van der Waals surface area (Å²) in [5, 5.41) is 12.7. The van der Waals surface area contributed by atoms with E-state index in [0.29, 0.717) is 13.2 Å². The zero-order valence-electron chi connectivity index (χ0n) is 14.4. The Kier molecular flexibility index (Phi) is 4.44. The number of hydrogen-bond donors (Lipinski definition) is 1. The second-order valence-corrected chi connectivity index (χ2v) is 7.39. The summed E-state index contributed by atoms with van der Waals surface area (Å²) >= 11 is 1.83. The van der Waals surface area contributed by atoms with Crippen LogP contribution in [0.2, 0.25) is 0 Å². The minimum Gasteiger partial charge on any atom is -0.494 e. The molecule has 0 spiro atoms. The zero-order valence-corrected chi connectivity index (χ0v) is 15.2. The SMILES string of the molecule is CCOc1ccc(N2C[C@@](O)(c3ccccc3)[N+]3=C2SCCC3)cc1. The summed E-state index contributed by atoms with van der Waals surface area (Å²) in [6, 6.07) is 18.1. The van der Waals surface area contributed by atoms with Gasteiger partial charge in [-0.3, -0.25) is 0 Å². The summed E-state index contributed by atoms with van der Waals surface area (Å²) < 4.78 is 7.71. The molecule has 2 aliphatic heterocycles. The van der Waals surface area contributed by atoms with Crippen LogP contribution in [-0.4, -0.2) is 40.3 Å². The number of rotatable bonds is 4. The normalized spacial score (nSPS) is 22.9. The zero-order chi connectivity index (χ0) is 17.3. The number of ether oxygens (including phenoxy) is 1. The van der Waals surface area contributed by atoms with Gasteiger partial charge in [0.15, 0.2) is 6.54 Å². The fourth-order valence-corrected chi connectivity index (χ4v) is 4.72. The van der Waals surface area contributed by atoms with E-state index in [1.165, 1.54) is 0 Å². The third-order valence-corrected chi connectivity index (χ3v) is 5.93. The van der Waals surface area contributed by atoms with Gasteiger partial charge in [0.2, 0.25) is 0 Å². The fourth-order valence-electron chi connectivity index (χ4n) is 3.54. The van der Waals surface area contributed by atoms with Crippen LogP contribution in [0.1, 0.15) is 18.9 Å². The van der Waals surface area contributed by atoms with Crippen LogP contribution in [0, 0.1) is 0 Å². The lowest BCUT2D eigenvalue weighted by molar-refractivity contribution is -0.656. The van der Waals surface area contributed by atoms with Crippen molar-refractivity contribution in [3.8, 4) is 5.75 Å². The third kappa shape index (κ3) is 2.92. The predicted octanol–water partition coefficient (Wildman–Crippen LogP) is 3.26. The molecule has 2 aliphatic rings. The van der Waals surface area contributed by atoms with Gasteiger partial charge in [0.25, 0.3) is 5.72 Å². The van der Waals surface area contributed by atoms with Crippen molar-refractivity contribution in [2.24, 2.45) is 0 Å². The topological polar surface area (TPSA) is 35.7 Å². The van der Waals surface area contributed by atoms with Crippen LogP contribution in [0.4, 0.5) is 5.69 Å². The van der Waals surface area contributed by atoms with Crippen molar-refractivity contribution in [3.63, 3.8) is 0 Å². The molecule has 1 atom stereocenters. The number of aliphatic hydroxyl groups is 1. The number of benzene rings is 2. The van der Waals surface area contributed by atoms with E-state index in [1.807, 2.05) is 61.2 Å². The lowest BCUT2D eigenvalue weighted by atomic mass is 10.0. The van der Waals surface area contributed by atoms with Crippen molar-refractivity contribution in [3.05, 3.63) is 60.2 Å². The molecule has 25 heavy (non-hydrogen) atoms. The highest BCUT2D eigenvalue weighted by Crippen LogP contribution is 2.37. The van der Waals surface area contributed by atoms with E-state index in [1.54, 1.807) is 0 Å². The summed E-state index contributed by atoms with van der Waals surface area (Å²) in [5.41, 5.74) is 1.05. The molecule has 2 aromatic rings. The lowest BCUT2D eigenvalue weighted by Gasteiger charge is -2.24. The Labute approximate surface area is 152 Å². The average Bonchev–Trinajstić information content (AvgIpc) is 2.98. The van der Waals surface area contributed by atoms with Crippen LogP contribution in [-0.2, 0) is 5.72 Å². The highest BCUT2D eigenvalue weighted by atomic mass is 32.2. The third-order valence-electron chi connectivity index (χ3n) is 4.74. The van der Waals surface area contributed by atoms with Crippen LogP contribution in [0.15, 0.2) is 54.6 Å². The number of hydrogen-bond acceptors (Lipinski definition) is 4. The molecular weight excluding hydrogens is 332 g/mol. The van der Waals surface area contributed by atoms with Gasteiger partial charge >= 0.3 is 5.17 Å². The van der Waals surface area contributed by atoms with Crippen molar-refractivity contribution < 1.29 is 14.4 Å². The number of anilines is 1. The molecule has 0 bridgehead atoms. The minimum atomic E-state index is -0.984. The molecular formula is C20H23N2O2S+. The summed E-state index contributed by atoms with van der Waals surface area (Å²) in [7, 11) is 0. The van der Waals surface area contributed by atoms with Gasteiger partial charge in [-0.15, -0.1) is 0 Å². The van der Waals surface area contributed by atoms with Gasteiger partial charge in [-0.1, -0.05) is 30.3 Å². The largest absolute Gasteiger partial charge is 0.494 e. The maximum absolute atomic E-state index is 11.6. The van der Waals surface area contributed by atoms with Gasteiger partial charge in [-0.05, 0) is 49.4 Å². The van der Waals surface area contributed by atoms with Crippen LogP contribution in [0.3, 0.4) is 0 Å². The van der Waals surface area contributed by atoms with Gasteiger partial charge < -0.3 is 9.84 Å². The van der Waals surface area contributed by atoms with Crippen molar-refractivity contribution in [2.75, 3.05) is 30.3 Å². The van der Waals surface area contributed by atoms with E-state index in [0.717, 1.165) is 40.9 Å². The molecule has 0 saturated carbocycles. The Morgan fingerprint density at radius 2 is 1.92 bits per heavy atom. The number of nitrogens with zero attached hydrogens (tertiary/aromatic N) is 2. The fraction of sp³-hybridized carbons (Fsp3) is 0.350. The van der Waals surface area contributed by atoms with Crippen LogP contribution in [0.25, 0.3) is 0 Å². The molecule has 1 N–H and O–H groups in total. The summed E-state index contributed by atoms with van der Waals surface area (Å²) in [5.74, 6) is 1.96.